The monoisotopic (exact) mass is 319 g/mol. The maximum atomic E-state index is 12.2. The number of carboxylic acids is 1. The first-order valence-electron chi connectivity index (χ1n) is 8.15. The van der Waals surface area contributed by atoms with Crippen LogP contribution in [0.4, 0.5) is 0 Å². The van der Waals surface area contributed by atoms with Crippen LogP contribution in [0, 0.1) is 6.92 Å². The first-order chi connectivity index (χ1) is 10.9. The molecule has 23 heavy (non-hydrogen) atoms. The summed E-state index contributed by atoms with van der Waals surface area (Å²) in [6.45, 7) is 7.00. The van der Waals surface area contributed by atoms with Gasteiger partial charge in [-0.15, -0.1) is 0 Å². The number of likely N-dealkylation sites (tertiary alicyclic amines) is 1. The zero-order chi connectivity index (χ0) is 17.0. The van der Waals surface area contributed by atoms with E-state index in [0.717, 1.165) is 23.3 Å². The average molecular weight is 319 g/mol. The van der Waals surface area contributed by atoms with E-state index in [-0.39, 0.29) is 18.9 Å². The molecule has 0 saturated carbocycles. The second-order valence-electron chi connectivity index (χ2n) is 6.38. The molecule has 5 nitrogen and oxygen atoms in total. The standard InChI is InChI=1S/C18H25NO4/c1-12(2)14-7-6-13(3)11-16(14)23-10-8-17(20)19-9-4-5-15(19)18(21)22/h6-7,11-12,15H,4-5,8-10H2,1-3H3,(H,21,22). The van der Waals surface area contributed by atoms with Gasteiger partial charge in [0, 0.05) is 6.54 Å². The molecule has 1 aromatic rings. The van der Waals surface area contributed by atoms with Crippen molar-refractivity contribution < 1.29 is 19.4 Å². The van der Waals surface area contributed by atoms with Crippen LogP contribution in [0.15, 0.2) is 18.2 Å². The highest BCUT2D eigenvalue weighted by atomic mass is 16.5. The molecule has 1 saturated heterocycles. The number of benzene rings is 1. The Morgan fingerprint density at radius 2 is 2.13 bits per heavy atom. The van der Waals surface area contributed by atoms with Crippen molar-refractivity contribution in [3.63, 3.8) is 0 Å². The molecular formula is C18H25NO4. The second-order valence-corrected chi connectivity index (χ2v) is 6.38. The summed E-state index contributed by atoms with van der Waals surface area (Å²) in [5, 5.41) is 9.14. The molecule has 1 unspecified atom stereocenters. The topological polar surface area (TPSA) is 66.8 Å². The van der Waals surface area contributed by atoms with Crippen LogP contribution in [0.1, 0.15) is 50.2 Å². The number of rotatable bonds is 6. The van der Waals surface area contributed by atoms with Crippen LogP contribution >= 0.6 is 0 Å². The van der Waals surface area contributed by atoms with Gasteiger partial charge >= 0.3 is 5.97 Å². The van der Waals surface area contributed by atoms with Gasteiger partial charge in [-0.05, 0) is 42.9 Å². The summed E-state index contributed by atoms with van der Waals surface area (Å²) in [5.74, 6) is 0.0893. The number of aliphatic carboxylic acids is 1. The van der Waals surface area contributed by atoms with Crippen LogP contribution in [0.25, 0.3) is 0 Å². The van der Waals surface area contributed by atoms with E-state index in [1.54, 1.807) is 0 Å². The van der Waals surface area contributed by atoms with Gasteiger partial charge in [-0.2, -0.15) is 0 Å². The van der Waals surface area contributed by atoms with E-state index in [2.05, 4.69) is 26.0 Å². The third kappa shape index (κ3) is 4.24. The molecule has 1 N–H and O–H groups in total. The van der Waals surface area contributed by atoms with Crippen LogP contribution in [0.2, 0.25) is 0 Å². The Hall–Kier alpha value is -2.04. The SMILES string of the molecule is Cc1ccc(C(C)C)c(OCCC(=O)N2CCCC2C(=O)O)c1. The first kappa shape index (κ1) is 17.3. The summed E-state index contributed by atoms with van der Waals surface area (Å²) in [5.41, 5.74) is 2.23. The minimum atomic E-state index is -0.919. The van der Waals surface area contributed by atoms with E-state index >= 15 is 0 Å². The Balaban J connectivity index is 1.93. The molecule has 2 rings (SSSR count). The van der Waals surface area contributed by atoms with Gasteiger partial charge in [0.25, 0.3) is 0 Å². The zero-order valence-corrected chi connectivity index (χ0v) is 14.0. The van der Waals surface area contributed by atoms with Crippen LogP contribution in [-0.4, -0.2) is 41.1 Å². The van der Waals surface area contributed by atoms with E-state index in [1.807, 2.05) is 13.0 Å². The van der Waals surface area contributed by atoms with Gasteiger partial charge in [0.1, 0.15) is 11.8 Å². The quantitative estimate of drug-likeness (QED) is 0.875. The minimum absolute atomic E-state index is 0.145. The predicted octanol–water partition coefficient (Wildman–Crippen LogP) is 2.96. The summed E-state index contributed by atoms with van der Waals surface area (Å²) in [6.07, 6.45) is 1.49. The van der Waals surface area contributed by atoms with Gasteiger partial charge in [0.2, 0.25) is 5.91 Å². The van der Waals surface area contributed by atoms with Gasteiger partial charge in [-0.3, -0.25) is 4.79 Å². The van der Waals surface area contributed by atoms with Crippen molar-refractivity contribution in [2.24, 2.45) is 0 Å². The molecule has 126 valence electrons. The number of amides is 1. The molecule has 1 heterocycles. The third-order valence-corrected chi connectivity index (χ3v) is 4.22. The molecule has 0 aliphatic carbocycles. The van der Waals surface area contributed by atoms with Gasteiger partial charge in [-0.1, -0.05) is 26.0 Å². The fraction of sp³-hybridized carbons (Fsp3) is 0.556. The lowest BCUT2D eigenvalue weighted by molar-refractivity contribution is -0.148. The van der Waals surface area contributed by atoms with Crippen molar-refractivity contribution in [1.82, 2.24) is 4.90 Å². The fourth-order valence-electron chi connectivity index (χ4n) is 2.96. The molecule has 0 aromatic heterocycles. The maximum Gasteiger partial charge on any atom is 0.326 e. The molecule has 0 spiro atoms. The zero-order valence-electron chi connectivity index (χ0n) is 14.0. The number of aryl methyl sites for hydroxylation is 1. The number of carboxylic acid groups (broad SMARTS) is 1. The minimum Gasteiger partial charge on any atom is -0.493 e. The number of ether oxygens (including phenoxy) is 1. The molecule has 1 fully saturated rings. The van der Waals surface area contributed by atoms with E-state index in [1.165, 1.54) is 4.90 Å². The van der Waals surface area contributed by atoms with Crippen molar-refractivity contribution in [2.45, 2.75) is 52.0 Å². The van der Waals surface area contributed by atoms with Crippen LogP contribution in [0.3, 0.4) is 0 Å². The highest BCUT2D eigenvalue weighted by Gasteiger charge is 2.33. The van der Waals surface area contributed by atoms with E-state index in [4.69, 9.17) is 9.84 Å². The highest BCUT2D eigenvalue weighted by Crippen LogP contribution is 2.27. The molecular weight excluding hydrogens is 294 g/mol. The predicted molar refractivity (Wildman–Crippen MR) is 87.8 cm³/mol. The number of nitrogens with zero attached hydrogens (tertiary/aromatic N) is 1. The fourth-order valence-corrected chi connectivity index (χ4v) is 2.96. The number of hydrogen-bond donors (Lipinski definition) is 1. The largest absolute Gasteiger partial charge is 0.493 e. The van der Waals surface area contributed by atoms with E-state index < -0.39 is 12.0 Å². The Morgan fingerprint density at radius 3 is 2.78 bits per heavy atom. The van der Waals surface area contributed by atoms with Gasteiger partial charge in [-0.25, -0.2) is 4.79 Å². The van der Waals surface area contributed by atoms with Gasteiger partial charge in [0.05, 0.1) is 13.0 Å². The lowest BCUT2D eigenvalue weighted by Gasteiger charge is -2.21. The van der Waals surface area contributed by atoms with E-state index in [0.29, 0.717) is 18.9 Å². The number of carbonyl (C=O) groups excluding carboxylic acids is 1. The highest BCUT2D eigenvalue weighted by molar-refractivity contribution is 5.84. The van der Waals surface area contributed by atoms with Crippen molar-refractivity contribution in [2.75, 3.05) is 13.2 Å². The smallest absolute Gasteiger partial charge is 0.326 e. The Morgan fingerprint density at radius 1 is 1.39 bits per heavy atom. The molecule has 1 aliphatic rings. The molecule has 0 radical (unpaired) electrons. The normalized spacial score (nSPS) is 17.6. The molecule has 5 heteroatoms. The summed E-state index contributed by atoms with van der Waals surface area (Å²) >= 11 is 0. The van der Waals surface area contributed by atoms with Crippen molar-refractivity contribution in [1.29, 1.82) is 0 Å². The second kappa shape index (κ2) is 7.49. The van der Waals surface area contributed by atoms with E-state index in [9.17, 15) is 9.59 Å². The van der Waals surface area contributed by atoms with Crippen molar-refractivity contribution >= 4 is 11.9 Å². The molecule has 1 amide bonds. The molecule has 1 aliphatic heterocycles. The first-order valence-corrected chi connectivity index (χ1v) is 8.15. The Kier molecular flexibility index (Phi) is 5.64. The summed E-state index contributed by atoms with van der Waals surface area (Å²) in [4.78, 5) is 24.8. The lowest BCUT2D eigenvalue weighted by Crippen LogP contribution is -2.40. The molecule has 1 atom stereocenters. The maximum absolute atomic E-state index is 12.2. The van der Waals surface area contributed by atoms with Crippen molar-refractivity contribution in [3.8, 4) is 5.75 Å². The van der Waals surface area contributed by atoms with Gasteiger partial charge in [0.15, 0.2) is 0 Å². The number of carbonyl (C=O) groups is 2. The van der Waals surface area contributed by atoms with Crippen molar-refractivity contribution in [3.05, 3.63) is 29.3 Å². The van der Waals surface area contributed by atoms with Crippen LogP contribution < -0.4 is 4.74 Å². The van der Waals surface area contributed by atoms with Gasteiger partial charge < -0.3 is 14.7 Å². The summed E-state index contributed by atoms with van der Waals surface area (Å²) < 4.78 is 5.81. The molecule has 1 aromatic carbocycles. The lowest BCUT2D eigenvalue weighted by atomic mass is 10.0. The van der Waals surface area contributed by atoms with Crippen LogP contribution in [0.5, 0.6) is 5.75 Å². The Bertz CT molecular complexity index is 582. The van der Waals surface area contributed by atoms with Crippen LogP contribution in [-0.2, 0) is 9.59 Å². The average Bonchev–Trinajstić information content (AvgIpc) is 2.96. The summed E-state index contributed by atoms with van der Waals surface area (Å²) in [7, 11) is 0. The summed E-state index contributed by atoms with van der Waals surface area (Å²) in [6, 6.07) is 5.41. The Labute approximate surface area is 137 Å². The number of hydrogen-bond acceptors (Lipinski definition) is 3. The molecule has 0 bridgehead atoms. The third-order valence-electron chi connectivity index (χ3n) is 4.22.